The van der Waals surface area contributed by atoms with E-state index >= 15 is 0 Å². The molecule has 1 fully saturated rings. The quantitative estimate of drug-likeness (QED) is 0.699. The molecule has 2 heteroatoms. The molecule has 0 saturated heterocycles. The van der Waals surface area contributed by atoms with Crippen molar-refractivity contribution in [1.29, 1.82) is 0 Å². The molecule has 2 N–H and O–H groups in total. The first kappa shape index (κ1) is 11.2. The number of hydrogen-bond acceptors (Lipinski definition) is 2. The Kier molecular flexibility index (Phi) is 4.21. The summed E-state index contributed by atoms with van der Waals surface area (Å²) in [4.78, 5) is 0. The summed E-state index contributed by atoms with van der Waals surface area (Å²) in [5, 5.41) is 13.1. The molecule has 0 amide bonds. The van der Waals surface area contributed by atoms with E-state index in [-0.39, 0.29) is 6.10 Å². The molecule has 1 saturated carbocycles. The first-order valence-corrected chi connectivity index (χ1v) is 6.41. The third kappa shape index (κ3) is 3.62. The third-order valence-electron chi connectivity index (χ3n) is 3.77. The van der Waals surface area contributed by atoms with Gasteiger partial charge in [0.05, 0.1) is 6.10 Å². The third-order valence-corrected chi connectivity index (χ3v) is 3.77. The molecule has 0 aromatic heterocycles. The van der Waals surface area contributed by atoms with Crippen molar-refractivity contribution in [2.24, 2.45) is 5.92 Å². The second-order valence-corrected chi connectivity index (χ2v) is 5.06. The number of aliphatic hydroxyl groups excluding tert-OH is 1. The van der Waals surface area contributed by atoms with Gasteiger partial charge in [-0.1, -0.05) is 12.2 Å². The highest BCUT2D eigenvalue weighted by atomic mass is 16.3. The van der Waals surface area contributed by atoms with Crippen LogP contribution in [0, 0.1) is 5.92 Å². The van der Waals surface area contributed by atoms with Crippen molar-refractivity contribution in [3.63, 3.8) is 0 Å². The van der Waals surface area contributed by atoms with E-state index in [9.17, 15) is 5.11 Å². The molecule has 0 spiro atoms. The zero-order chi connectivity index (χ0) is 10.5. The Morgan fingerprint density at radius 1 is 1.07 bits per heavy atom. The van der Waals surface area contributed by atoms with Crippen LogP contribution in [0.5, 0.6) is 0 Å². The maximum Gasteiger partial charge on any atom is 0.0541 e. The molecule has 0 radical (unpaired) electrons. The summed E-state index contributed by atoms with van der Waals surface area (Å²) in [5.41, 5.74) is 0. The second-order valence-electron chi connectivity index (χ2n) is 5.06. The lowest BCUT2D eigenvalue weighted by molar-refractivity contribution is 0.115. The number of rotatable bonds is 3. The Morgan fingerprint density at radius 2 is 1.87 bits per heavy atom. The summed E-state index contributed by atoms with van der Waals surface area (Å²) in [7, 11) is 0. The number of aliphatic hydroxyl groups is 1. The van der Waals surface area contributed by atoms with Crippen LogP contribution in [0.2, 0.25) is 0 Å². The van der Waals surface area contributed by atoms with E-state index < -0.39 is 0 Å². The van der Waals surface area contributed by atoms with Gasteiger partial charge in [0.15, 0.2) is 0 Å². The molecule has 0 heterocycles. The van der Waals surface area contributed by atoms with Gasteiger partial charge in [-0.15, -0.1) is 0 Å². The zero-order valence-corrected chi connectivity index (χ0v) is 9.49. The van der Waals surface area contributed by atoms with E-state index in [2.05, 4.69) is 17.5 Å². The highest BCUT2D eigenvalue weighted by Crippen LogP contribution is 2.21. The van der Waals surface area contributed by atoms with E-state index in [4.69, 9.17) is 0 Å². The van der Waals surface area contributed by atoms with Crippen molar-refractivity contribution >= 4 is 0 Å². The van der Waals surface area contributed by atoms with Crippen molar-refractivity contribution in [2.75, 3.05) is 6.54 Å². The average Bonchev–Trinajstić information content (AvgIpc) is 2.30. The van der Waals surface area contributed by atoms with E-state index in [1.807, 2.05) is 0 Å². The van der Waals surface area contributed by atoms with Crippen LogP contribution < -0.4 is 5.32 Å². The first-order valence-electron chi connectivity index (χ1n) is 6.41. The van der Waals surface area contributed by atoms with Crippen molar-refractivity contribution in [1.82, 2.24) is 5.32 Å². The van der Waals surface area contributed by atoms with Crippen molar-refractivity contribution in [2.45, 2.75) is 57.1 Å². The van der Waals surface area contributed by atoms with Gasteiger partial charge < -0.3 is 10.4 Å². The van der Waals surface area contributed by atoms with Crippen LogP contribution in [0.4, 0.5) is 0 Å². The minimum atomic E-state index is -0.0272. The average molecular weight is 209 g/mol. The Hall–Kier alpha value is -0.340. The molecule has 0 aromatic rings. The van der Waals surface area contributed by atoms with Crippen molar-refractivity contribution in [3.8, 4) is 0 Å². The molecular formula is C13H23NO. The molecular weight excluding hydrogens is 186 g/mol. The van der Waals surface area contributed by atoms with Crippen molar-refractivity contribution in [3.05, 3.63) is 12.2 Å². The molecule has 1 unspecified atom stereocenters. The predicted octanol–water partition coefficient (Wildman–Crippen LogP) is 2.24. The molecule has 0 aromatic carbocycles. The Balaban J connectivity index is 1.63. The van der Waals surface area contributed by atoms with Gasteiger partial charge in [0, 0.05) is 6.04 Å². The molecule has 1 atom stereocenters. The van der Waals surface area contributed by atoms with E-state index in [0.717, 1.165) is 31.6 Å². The zero-order valence-electron chi connectivity index (χ0n) is 9.49. The lowest BCUT2D eigenvalue weighted by Gasteiger charge is -2.28. The maximum atomic E-state index is 9.41. The number of allylic oxidation sites excluding steroid dienone is 2. The van der Waals surface area contributed by atoms with Crippen LogP contribution in [-0.4, -0.2) is 23.8 Å². The van der Waals surface area contributed by atoms with Crippen LogP contribution >= 0.6 is 0 Å². The van der Waals surface area contributed by atoms with Gasteiger partial charge in [-0.05, 0) is 57.4 Å². The van der Waals surface area contributed by atoms with Gasteiger partial charge in [0.1, 0.15) is 0 Å². The molecule has 2 aliphatic carbocycles. The fourth-order valence-electron chi connectivity index (χ4n) is 2.65. The smallest absolute Gasteiger partial charge is 0.0541 e. The summed E-state index contributed by atoms with van der Waals surface area (Å²) in [6, 6.07) is 0.666. The summed E-state index contributed by atoms with van der Waals surface area (Å²) < 4.78 is 0. The molecule has 2 nitrogen and oxygen atoms in total. The van der Waals surface area contributed by atoms with Gasteiger partial charge in [0.25, 0.3) is 0 Å². The highest BCUT2D eigenvalue weighted by Gasteiger charge is 2.19. The minimum Gasteiger partial charge on any atom is -0.393 e. The minimum absolute atomic E-state index is 0.0272. The summed E-state index contributed by atoms with van der Waals surface area (Å²) in [5.74, 6) is 0.849. The molecule has 2 aliphatic rings. The molecule has 0 aliphatic heterocycles. The standard InChI is InChI=1S/C13H23NO/c15-13-8-6-12(7-9-13)14-10-11-4-2-1-3-5-11/h1-2,11-15H,3-10H2. The number of hydrogen-bond donors (Lipinski definition) is 2. The summed E-state index contributed by atoms with van der Waals surface area (Å²) >= 11 is 0. The van der Waals surface area contributed by atoms with Crippen LogP contribution in [0.15, 0.2) is 12.2 Å². The topological polar surface area (TPSA) is 32.3 Å². The van der Waals surface area contributed by atoms with Crippen LogP contribution in [0.25, 0.3) is 0 Å². The predicted molar refractivity (Wildman–Crippen MR) is 62.7 cm³/mol. The fraction of sp³-hybridized carbons (Fsp3) is 0.846. The lowest BCUT2D eigenvalue weighted by Crippen LogP contribution is -2.37. The van der Waals surface area contributed by atoms with Gasteiger partial charge in [0.2, 0.25) is 0 Å². The SMILES string of the molecule is OC1CCC(NCC2CC=CCC2)CC1. The van der Waals surface area contributed by atoms with Gasteiger partial charge >= 0.3 is 0 Å². The number of nitrogens with one attached hydrogen (secondary N) is 1. The maximum absolute atomic E-state index is 9.41. The van der Waals surface area contributed by atoms with Gasteiger partial charge in [-0.25, -0.2) is 0 Å². The molecule has 2 rings (SSSR count). The van der Waals surface area contributed by atoms with E-state index in [0.29, 0.717) is 6.04 Å². The Labute approximate surface area is 92.8 Å². The first-order chi connectivity index (χ1) is 7.34. The molecule has 86 valence electrons. The van der Waals surface area contributed by atoms with Crippen molar-refractivity contribution < 1.29 is 5.11 Å². The van der Waals surface area contributed by atoms with Gasteiger partial charge in [-0.3, -0.25) is 0 Å². The normalized spacial score (nSPS) is 36.7. The Bertz CT molecular complexity index is 207. The van der Waals surface area contributed by atoms with Gasteiger partial charge in [-0.2, -0.15) is 0 Å². The van der Waals surface area contributed by atoms with Crippen LogP contribution in [0.3, 0.4) is 0 Å². The summed E-state index contributed by atoms with van der Waals surface area (Å²) in [6.45, 7) is 1.17. The lowest BCUT2D eigenvalue weighted by atomic mass is 9.91. The molecule has 0 bridgehead atoms. The fourth-order valence-corrected chi connectivity index (χ4v) is 2.65. The largest absolute Gasteiger partial charge is 0.393 e. The Morgan fingerprint density at radius 3 is 2.53 bits per heavy atom. The highest BCUT2D eigenvalue weighted by molar-refractivity contribution is 4.91. The van der Waals surface area contributed by atoms with Crippen LogP contribution in [0.1, 0.15) is 44.9 Å². The van der Waals surface area contributed by atoms with Crippen LogP contribution in [-0.2, 0) is 0 Å². The monoisotopic (exact) mass is 209 g/mol. The molecule has 15 heavy (non-hydrogen) atoms. The second kappa shape index (κ2) is 5.66. The van der Waals surface area contributed by atoms with E-state index in [1.54, 1.807) is 0 Å². The summed E-state index contributed by atoms with van der Waals surface area (Å²) in [6.07, 6.45) is 12.7. The van der Waals surface area contributed by atoms with E-state index in [1.165, 1.54) is 25.8 Å².